The first-order valence-corrected chi connectivity index (χ1v) is 10.5. The Hall–Kier alpha value is -4.01. The number of carboxylic acid groups (broad SMARTS) is 1. The standard InChI is InChI=1S/C23H23N7O2/c1-29-9-6-20(28-29)27-21-13-16(2-8-25-21)19-12-17-14-24-7-3-18(17)22(26-19)30-10-4-15(5-11-30)23(31)32/h2-3,6-9,12-15H,4-5,10-11H2,1H3,(H,31,32)(H,25,27,28). The number of aromatic nitrogens is 5. The fraction of sp³-hybridized carbons (Fsp3) is 0.261. The lowest BCUT2D eigenvalue weighted by molar-refractivity contribution is -0.142. The van der Waals surface area contributed by atoms with Crippen LogP contribution in [-0.2, 0) is 11.8 Å². The van der Waals surface area contributed by atoms with E-state index in [0.717, 1.165) is 33.7 Å². The summed E-state index contributed by atoms with van der Waals surface area (Å²) in [7, 11) is 1.86. The second-order valence-corrected chi connectivity index (χ2v) is 7.96. The molecule has 162 valence electrons. The predicted molar refractivity (Wildman–Crippen MR) is 122 cm³/mol. The molecule has 1 aliphatic rings. The number of nitrogens with zero attached hydrogens (tertiary/aromatic N) is 6. The maximum atomic E-state index is 11.4. The zero-order valence-electron chi connectivity index (χ0n) is 17.6. The summed E-state index contributed by atoms with van der Waals surface area (Å²) in [4.78, 5) is 27.2. The summed E-state index contributed by atoms with van der Waals surface area (Å²) in [6, 6.07) is 9.74. The van der Waals surface area contributed by atoms with Gasteiger partial charge in [0, 0.05) is 67.3 Å². The van der Waals surface area contributed by atoms with Crippen molar-refractivity contribution in [1.82, 2.24) is 24.7 Å². The molecule has 5 rings (SSSR count). The Morgan fingerprint density at radius 3 is 2.72 bits per heavy atom. The number of fused-ring (bicyclic) bond motifs is 1. The second-order valence-electron chi connectivity index (χ2n) is 7.96. The first kappa shape index (κ1) is 19.9. The van der Waals surface area contributed by atoms with Gasteiger partial charge in [-0.1, -0.05) is 0 Å². The van der Waals surface area contributed by atoms with Crippen LogP contribution in [0.5, 0.6) is 0 Å². The van der Waals surface area contributed by atoms with Gasteiger partial charge in [-0.3, -0.25) is 14.5 Å². The summed E-state index contributed by atoms with van der Waals surface area (Å²) in [6.07, 6.45) is 8.43. The Labute approximate surface area is 184 Å². The third-order valence-electron chi connectivity index (χ3n) is 5.78. The molecule has 2 N–H and O–H groups in total. The molecular formula is C23H23N7O2. The van der Waals surface area contributed by atoms with Gasteiger partial charge in [0.15, 0.2) is 5.82 Å². The highest BCUT2D eigenvalue weighted by Gasteiger charge is 2.26. The monoisotopic (exact) mass is 429 g/mol. The van der Waals surface area contributed by atoms with Crippen LogP contribution in [0.3, 0.4) is 0 Å². The highest BCUT2D eigenvalue weighted by atomic mass is 16.4. The van der Waals surface area contributed by atoms with Gasteiger partial charge in [0.2, 0.25) is 0 Å². The SMILES string of the molecule is Cn1ccc(Nc2cc(-c3cc4cnccc4c(N4CCC(C(=O)O)CC4)n3)ccn2)n1. The molecular weight excluding hydrogens is 406 g/mol. The number of aliphatic carboxylic acids is 1. The molecule has 4 aromatic rings. The quantitative estimate of drug-likeness (QED) is 0.496. The minimum Gasteiger partial charge on any atom is -0.481 e. The Morgan fingerprint density at radius 2 is 1.97 bits per heavy atom. The highest BCUT2D eigenvalue weighted by molar-refractivity contribution is 5.94. The largest absolute Gasteiger partial charge is 0.481 e. The van der Waals surface area contributed by atoms with Crippen molar-refractivity contribution in [2.75, 3.05) is 23.3 Å². The Kier molecular flexibility index (Phi) is 5.14. The highest BCUT2D eigenvalue weighted by Crippen LogP contribution is 2.32. The van der Waals surface area contributed by atoms with E-state index in [-0.39, 0.29) is 5.92 Å². The normalized spacial score (nSPS) is 14.6. The summed E-state index contributed by atoms with van der Waals surface area (Å²) in [6.45, 7) is 1.32. The molecule has 0 unspecified atom stereocenters. The number of pyridine rings is 3. The van der Waals surface area contributed by atoms with Crippen LogP contribution in [0.2, 0.25) is 0 Å². The van der Waals surface area contributed by atoms with Crippen LogP contribution in [0.4, 0.5) is 17.5 Å². The average molecular weight is 429 g/mol. The van der Waals surface area contributed by atoms with Crippen LogP contribution in [0.1, 0.15) is 12.8 Å². The van der Waals surface area contributed by atoms with Crippen LogP contribution in [0, 0.1) is 5.92 Å². The van der Waals surface area contributed by atoms with Crippen molar-refractivity contribution in [3.63, 3.8) is 0 Å². The van der Waals surface area contributed by atoms with Gasteiger partial charge in [0.25, 0.3) is 0 Å². The van der Waals surface area contributed by atoms with E-state index < -0.39 is 5.97 Å². The van der Waals surface area contributed by atoms with Crippen molar-refractivity contribution in [2.24, 2.45) is 13.0 Å². The van der Waals surface area contributed by atoms with E-state index in [4.69, 9.17) is 4.98 Å². The molecule has 0 spiro atoms. The number of anilines is 3. The van der Waals surface area contributed by atoms with Crippen molar-refractivity contribution in [2.45, 2.75) is 12.8 Å². The van der Waals surface area contributed by atoms with Crippen LogP contribution in [-0.4, -0.2) is 48.9 Å². The number of hydrogen-bond donors (Lipinski definition) is 2. The lowest BCUT2D eigenvalue weighted by Crippen LogP contribution is -2.36. The maximum absolute atomic E-state index is 11.4. The summed E-state index contributed by atoms with van der Waals surface area (Å²) in [5.41, 5.74) is 1.73. The van der Waals surface area contributed by atoms with Gasteiger partial charge >= 0.3 is 5.97 Å². The average Bonchev–Trinajstić information content (AvgIpc) is 3.23. The number of carbonyl (C=O) groups is 1. The number of hydrogen-bond acceptors (Lipinski definition) is 7. The van der Waals surface area contributed by atoms with Gasteiger partial charge in [0.05, 0.1) is 11.6 Å². The molecule has 0 amide bonds. The first-order chi connectivity index (χ1) is 15.6. The van der Waals surface area contributed by atoms with Crippen LogP contribution in [0.15, 0.2) is 55.1 Å². The third kappa shape index (κ3) is 3.96. The lowest BCUT2D eigenvalue weighted by atomic mass is 9.97. The number of carboxylic acids is 1. The van der Waals surface area contributed by atoms with Crippen molar-refractivity contribution >= 4 is 34.2 Å². The molecule has 4 aromatic heterocycles. The van der Waals surface area contributed by atoms with Crippen molar-refractivity contribution in [3.8, 4) is 11.3 Å². The minimum atomic E-state index is -0.717. The number of nitrogens with one attached hydrogen (secondary N) is 1. The van der Waals surface area contributed by atoms with E-state index in [1.165, 1.54) is 0 Å². The Morgan fingerprint density at radius 1 is 1.12 bits per heavy atom. The van der Waals surface area contributed by atoms with Crippen LogP contribution >= 0.6 is 0 Å². The van der Waals surface area contributed by atoms with Gasteiger partial charge in [-0.05, 0) is 37.1 Å². The Bertz CT molecular complexity index is 1280. The third-order valence-corrected chi connectivity index (χ3v) is 5.78. The Balaban J connectivity index is 1.50. The van der Waals surface area contributed by atoms with E-state index >= 15 is 0 Å². The lowest BCUT2D eigenvalue weighted by Gasteiger charge is -2.32. The molecule has 1 aliphatic heterocycles. The van der Waals surface area contributed by atoms with Crippen molar-refractivity contribution in [3.05, 3.63) is 55.1 Å². The summed E-state index contributed by atoms with van der Waals surface area (Å²) < 4.78 is 1.73. The van der Waals surface area contributed by atoms with Gasteiger partial charge in [-0.25, -0.2) is 9.97 Å². The minimum absolute atomic E-state index is 0.289. The van der Waals surface area contributed by atoms with Gasteiger partial charge in [-0.15, -0.1) is 0 Å². The van der Waals surface area contributed by atoms with Crippen molar-refractivity contribution < 1.29 is 9.90 Å². The topological polar surface area (TPSA) is 109 Å². The van der Waals surface area contributed by atoms with Crippen LogP contribution < -0.4 is 10.2 Å². The molecule has 9 nitrogen and oxygen atoms in total. The molecule has 0 atom stereocenters. The summed E-state index contributed by atoms with van der Waals surface area (Å²) >= 11 is 0. The summed E-state index contributed by atoms with van der Waals surface area (Å²) in [5.74, 6) is 1.25. The van der Waals surface area contributed by atoms with Crippen LogP contribution in [0.25, 0.3) is 22.0 Å². The molecule has 0 saturated carbocycles. The number of piperidine rings is 1. The predicted octanol–water partition coefficient (Wildman–Crippen LogP) is 3.47. The zero-order valence-corrected chi connectivity index (χ0v) is 17.6. The fourth-order valence-electron chi connectivity index (χ4n) is 4.08. The van der Waals surface area contributed by atoms with E-state index in [1.807, 2.05) is 49.8 Å². The molecule has 0 aliphatic carbocycles. The number of rotatable bonds is 5. The molecule has 32 heavy (non-hydrogen) atoms. The van der Waals surface area contributed by atoms with Gasteiger partial charge in [-0.2, -0.15) is 5.10 Å². The van der Waals surface area contributed by atoms with Gasteiger partial charge in [0.1, 0.15) is 11.6 Å². The molecule has 0 aromatic carbocycles. The molecule has 0 bridgehead atoms. The molecule has 5 heterocycles. The second kappa shape index (κ2) is 8.26. The molecule has 1 saturated heterocycles. The molecule has 1 fully saturated rings. The smallest absolute Gasteiger partial charge is 0.306 e. The van der Waals surface area contributed by atoms with E-state index in [9.17, 15) is 9.90 Å². The zero-order chi connectivity index (χ0) is 22.1. The maximum Gasteiger partial charge on any atom is 0.306 e. The number of aryl methyl sites for hydroxylation is 1. The van der Waals surface area contributed by atoms with Crippen molar-refractivity contribution in [1.29, 1.82) is 0 Å². The molecule has 0 radical (unpaired) electrons. The van der Waals surface area contributed by atoms with E-state index in [1.54, 1.807) is 17.1 Å². The first-order valence-electron chi connectivity index (χ1n) is 10.5. The fourth-order valence-corrected chi connectivity index (χ4v) is 4.08. The van der Waals surface area contributed by atoms with E-state index in [2.05, 4.69) is 25.3 Å². The molecule has 9 heteroatoms. The summed E-state index contributed by atoms with van der Waals surface area (Å²) in [5, 5.41) is 18.9. The van der Waals surface area contributed by atoms with E-state index in [0.29, 0.717) is 31.7 Å². The van der Waals surface area contributed by atoms with Gasteiger partial charge < -0.3 is 15.3 Å².